The third kappa shape index (κ3) is 4.36. The molecule has 2 heterocycles. The van der Waals surface area contributed by atoms with Crippen LogP contribution in [0.4, 0.5) is 10.4 Å². The lowest BCUT2D eigenvalue weighted by Crippen LogP contribution is -2.14. The van der Waals surface area contributed by atoms with E-state index in [1.165, 1.54) is 24.0 Å². The number of furan rings is 1. The van der Waals surface area contributed by atoms with Crippen molar-refractivity contribution in [3.63, 3.8) is 0 Å². The first-order chi connectivity index (χ1) is 16.6. The molecule has 0 aliphatic rings. The van der Waals surface area contributed by atoms with Crippen molar-refractivity contribution in [1.29, 1.82) is 0 Å². The number of rotatable bonds is 6. The fourth-order valence-electron chi connectivity index (χ4n) is 3.60. The summed E-state index contributed by atoms with van der Waals surface area (Å²) < 4.78 is 25.0. The average Bonchev–Trinajstić information content (AvgIpc) is 3.57. The average molecular weight is 453 g/mol. The molecule has 0 spiro atoms. The molecule has 0 aliphatic carbocycles. The Kier molecular flexibility index (Phi) is 5.74. The van der Waals surface area contributed by atoms with E-state index in [1.54, 1.807) is 18.2 Å². The number of halogens is 1. The quantitative estimate of drug-likeness (QED) is 0.313. The summed E-state index contributed by atoms with van der Waals surface area (Å²) in [5.74, 6) is -0.869. The lowest BCUT2D eigenvalue weighted by Gasteiger charge is -2.08. The zero-order valence-electron chi connectivity index (χ0n) is 18.3. The number of nitrogens with one attached hydrogen (secondary N) is 1. The molecule has 0 unspecified atom stereocenters. The van der Waals surface area contributed by atoms with E-state index in [0.717, 1.165) is 23.1 Å². The fraction of sp³-hybridized carbons (Fsp3) is 0.0741. The molecule has 34 heavy (non-hydrogen) atoms. The van der Waals surface area contributed by atoms with Crippen molar-refractivity contribution in [1.82, 2.24) is 10.2 Å². The highest BCUT2D eigenvalue weighted by Gasteiger charge is 2.18. The van der Waals surface area contributed by atoms with Gasteiger partial charge in [0, 0.05) is 0 Å². The maximum absolute atomic E-state index is 14.5. The highest BCUT2D eigenvalue weighted by molar-refractivity contribution is 6.04. The van der Waals surface area contributed by atoms with Gasteiger partial charge < -0.3 is 8.83 Å². The number of aromatic nitrogens is 2. The van der Waals surface area contributed by atoms with E-state index in [0.29, 0.717) is 11.3 Å². The van der Waals surface area contributed by atoms with E-state index in [9.17, 15) is 9.18 Å². The number of nitrogens with zero attached hydrogens (tertiary/aromatic N) is 2. The second kappa shape index (κ2) is 9.15. The van der Waals surface area contributed by atoms with Crippen molar-refractivity contribution < 1.29 is 18.0 Å². The first-order valence-electron chi connectivity index (χ1n) is 10.8. The molecule has 0 fully saturated rings. The summed E-state index contributed by atoms with van der Waals surface area (Å²) in [6.07, 6.45) is 2.46. The SMILES string of the molecule is CCc1ccc(-c2ccc(-c3ccc(F)c(C(=O)Nc4nnc(-c5ccco5)o4)c3)cc2)cc1. The molecule has 5 rings (SSSR count). The summed E-state index contributed by atoms with van der Waals surface area (Å²) in [6, 6.07) is 23.9. The number of carbonyl (C=O) groups is 1. The number of carbonyl (C=O) groups excluding carboxylic acids is 1. The summed E-state index contributed by atoms with van der Waals surface area (Å²) in [6.45, 7) is 2.13. The Bertz CT molecular complexity index is 1420. The molecule has 0 saturated carbocycles. The molecular formula is C27H20FN3O3. The van der Waals surface area contributed by atoms with Gasteiger partial charge in [-0.15, -0.1) is 5.10 Å². The molecule has 1 amide bonds. The second-order valence-corrected chi connectivity index (χ2v) is 7.67. The number of anilines is 1. The molecule has 168 valence electrons. The van der Waals surface area contributed by atoms with Crippen LogP contribution in [0.25, 0.3) is 33.9 Å². The van der Waals surface area contributed by atoms with Crippen LogP contribution in [0.5, 0.6) is 0 Å². The van der Waals surface area contributed by atoms with Crippen LogP contribution in [-0.2, 0) is 6.42 Å². The number of hydrogen-bond donors (Lipinski definition) is 1. The van der Waals surface area contributed by atoms with Gasteiger partial charge in [0.15, 0.2) is 5.76 Å². The molecule has 0 saturated heterocycles. The zero-order chi connectivity index (χ0) is 23.5. The maximum Gasteiger partial charge on any atom is 0.322 e. The van der Waals surface area contributed by atoms with E-state index in [1.807, 2.05) is 24.3 Å². The zero-order valence-corrected chi connectivity index (χ0v) is 18.3. The van der Waals surface area contributed by atoms with Crippen molar-refractivity contribution in [2.75, 3.05) is 5.32 Å². The minimum Gasteiger partial charge on any atom is -0.459 e. The Morgan fingerprint density at radius 2 is 1.53 bits per heavy atom. The van der Waals surface area contributed by atoms with Gasteiger partial charge in [0.1, 0.15) is 5.82 Å². The van der Waals surface area contributed by atoms with E-state index < -0.39 is 11.7 Å². The lowest BCUT2D eigenvalue weighted by molar-refractivity contribution is 0.102. The maximum atomic E-state index is 14.5. The molecule has 2 aromatic heterocycles. The Balaban J connectivity index is 1.35. The fourth-order valence-corrected chi connectivity index (χ4v) is 3.60. The summed E-state index contributed by atoms with van der Waals surface area (Å²) in [4.78, 5) is 12.7. The minimum atomic E-state index is -0.693. The van der Waals surface area contributed by atoms with Crippen LogP contribution < -0.4 is 5.32 Å². The third-order valence-corrected chi connectivity index (χ3v) is 5.50. The Morgan fingerprint density at radius 3 is 2.18 bits per heavy atom. The highest BCUT2D eigenvalue weighted by Crippen LogP contribution is 2.27. The third-order valence-electron chi connectivity index (χ3n) is 5.50. The van der Waals surface area contributed by atoms with Gasteiger partial charge in [0.2, 0.25) is 0 Å². The van der Waals surface area contributed by atoms with Gasteiger partial charge in [-0.05, 0) is 58.5 Å². The molecule has 7 heteroatoms. The lowest BCUT2D eigenvalue weighted by atomic mass is 9.98. The smallest absolute Gasteiger partial charge is 0.322 e. The Morgan fingerprint density at radius 1 is 0.882 bits per heavy atom. The molecular weight excluding hydrogens is 433 g/mol. The molecule has 0 bridgehead atoms. The van der Waals surface area contributed by atoms with Crippen molar-refractivity contribution >= 4 is 11.9 Å². The number of hydrogen-bond acceptors (Lipinski definition) is 5. The van der Waals surface area contributed by atoms with E-state index >= 15 is 0 Å². The summed E-state index contributed by atoms with van der Waals surface area (Å²) in [5.41, 5.74) is 4.93. The van der Waals surface area contributed by atoms with Crippen molar-refractivity contribution in [2.45, 2.75) is 13.3 Å². The van der Waals surface area contributed by atoms with Crippen LogP contribution >= 0.6 is 0 Å². The van der Waals surface area contributed by atoms with Gasteiger partial charge in [0.05, 0.1) is 11.8 Å². The molecule has 0 radical (unpaired) electrons. The van der Waals surface area contributed by atoms with Crippen LogP contribution in [0.3, 0.4) is 0 Å². The van der Waals surface area contributed by atoms with Crippen molar-refractivity contribution in [2.24, 2.45) is 0 Å². The van der Waals surface area contributed by atoms with Gasteiger partial charge in [-0.2, -0.15) is 0 Å². The second-order valence-electron chi connectivity index (χ2n) is 7.67. The summed E-state index contributed by atoms with van der Waals surface area (Å²) in [5, 5.41) is 10.0. The predicted octanol–water partition coefficient (Wildman–Crippen LogP) is 6.62. The van der Waals surface area contributed by atoms with Crippen LogP contribution in [0.2, 0.25) is 0 Å². The first-order valence-corrected chi connectivity index (χ1v) is 10.8. The van der Waals surface area contributed by atoms with Crippen molar-refractivity contribution in [3.8, 4) is 33.9 Å². The van der Waals surface area contributed by atoms with Crippen LogP contribution in [-0.4, -0.2) is 16.1 Å². The molecule has 1 N–H and O–H groups in total. The number of benzene rings is 3. The van der Waals surface area contributed by atoms with E-state index in [-0.39, 0.29) is 17.5 Å². The van der Waals surface area contributed by atoms with E-state index in [2.05, 4.69) is 46.7 Å². The Labute approximate surface area is 195 Å². The van der Waals surface area contributed by atoms with Gasteiger partial charge in [-0.1, -0.05) is 66.6 Å². The monoisotopic (exact) mass is 453 g/mol. The summed E-state index contributed by atoms with van der Waals surface area (Å²) >= 11 is 0. The number of amides is 1. The molecule has 3 aromatic carbocycles. The topological polar surface area (TPSA) is 81.2 Å². The normalized spacial score (nSPS) is 10.9. The van der Waals surface area contributed by atoms with Crippen LogP contribution in [0, 0.1) is 5.82 Å². The van der Waals surface area contributed by atoms with Gasteiger partial charge in [-0.3, -0.25) is 10.1 Å². The largest absolute Gasteiger partial charge is 0.459 e. The molecule has 0 aliphatic heterocycles. The first kappa shape index (κ1) is 21.3. The Hall–Kier alpha value is -4.52. The standard InChI is InChI=1S/C27H20FN3O3/c1-2-17-5-7-18(8-6-17)19-9-11-20(12-10-19)21-13-14-23(28)22(16-21)25(32)29-27-31-30-26(34-27)24-4-3-15-33-24/h3-16H,2H2,1H3,(H,29,31,32). The van der Waals surface area contributed by atoms with Crippen LogP contribution in [0.1, 0.15) is 22.8 Å². The van der Waals surface area contributed by atoms with E-state index in [4.69, 9.17) is 8.83 Å². The predicted molar refractivity (Wildman–Crippen MR) is 127 cm³/mol. The minimum absolute atomic E-state index is 0.110. The summed E-state index contributed by atoms with van der Waals surface area (Å²) in [7, 11) is 0. The molecule has 6 nitrogen and oxygen atoms in total. The molecule has 5 aromatic rings. The van der Waals surface area contributed by atoms with Crippen molar-refractivity contribution in [3.05, 3.63) is 102 Å². The van der Waals surface area contributed by atoms with Gasteiger partial charge >= 0.3 is 6.01 Å². The number of aryl methyl sites for hydroxylation is 1. The van der Waals surface area contributed by atoms with Crippen LogP contribution in [0.15, 0.2) is 94.0 Å². The highest BCUT2D eigenvalue weighted by atomic mass is 19.1. The van der Waals surface area contributed by atoms with Gasteiger partial charge in [0.25, 0.3) is 11.8 Å². The molecule has 0 atom stereocenters. The van der Waals surface area contributed by atoms with Gasteiger partial charge in [-0.25, -0.2) is 4.39 Å².